The fourth-order valence-electron chi connectivity index (χ4n) is 3.26. The van der Waals surface area contributed by atoms with Crippen molar-refractivity contribution in [1.82, 2.24) is 10.2 Å². The molecule has 1 amide bonds. The molecule has 2 aliphatic rings. The maximum absolute atomic E-state index is 12.3. The standard InChI is InChI=1S/C13H24N2O/c1-4-9(3)13(16)15-8-10-6-14-7-11(10)12(15)5-2/h9-12,14H,4-8H2,1-3H3. The summed E-state index contributed by atoms with van der Waals surface area (Å²) in [5.74, 6) is 1.99. The van der Waals surface area contributed by atoms with E-state index >= 15 is 0 Å². The van der Waals surface area contributed by atoms with Gasteiger partial charge in [-0.3, -0.25) is 4.79 Å². The normalized spacial score (nSPS) is 35.2. The molecule has 16 heavy (non-hydrogen) atoms. The predicted molar refractivity (Wildman–Crippen MR) is 65.1 cm³/mol. The van der Waals surface area contributed by atoms with E-state index in [-0.39, 0.29) is 5.92 Å². The number of amides is 1. The molecule has 2 rings (SSSR count). The van der Waals surface area contributed by atoms with Gasteiger partial charge in [0, 0.05) is 31.6 Å². The Bertz CT molecular complexity index is 267. The van der Waals surface area contributed by atoms with Crippen LogP contribution in [0.1, 0.15) is 33.6 Å². The first kappa shape index (κ1) is 11.9. The summed E-state index contributed by atoms with van der Waals surface area (Å²) in [4.78, 5) is 14.5. The highest BCUT2D eigenvalue weighted by atomic mass is 16.2. The highest BCUT2D eigenvalue weighted by Gasteiger charge is 2.45. The van der Waals surface area contributed by atoms with Gasteiger partial charge >= 0.3 is 0 Å². The molecule has 0 aromatic carbocycles. The molecule has 92 valence electrons. The number of rotatable bonds is 3. The van der Waals surface area contributed by atoms with Crippen molar-refractivity contribution >= 4 is 5.91 Å². The van der Waals surface area contributed by atoms with Gasteiger partial charge in [0.05, 0.1) is 0 Å². The van der Waals surface area contributed by atoms with Crippen LogP contribution in [-0.2, 0) is 4.79 Å². The van der Waals surface area contributed by atoms with Crippen LogP contribution >= 0.6 is 0 Å². The summed E-state index contributed by atoms with van der Waals surface area (Å²) in [5, 5.41) is 3.45. The molecule has 0 aromatic rings. The van der Waals surface area contributed by atoms with Gasteiger partial charge in [0.25, 0.3) is 0 Å². The lowest BCUT2D eigenvalue weighted by molar-refractivity contribution is -0.136. The molecule has 2 heterocycles. The highest BCUT2D eigenvalue weighted by molar-refractivity contribution is 5.79. The monoisotopic (exact) mass is 224 g/mol. The molecule has 0 radical (unpaired) electrons. The second-order valence-electron chi connectivity index (χ2n) is 5.36. The average Bonchev–Trinajstić information content (AvgIpc) is 2.86. The van der Waals surface area contributed by atoms with E-state index in [0.717, 1.165) is 32.5 Å². The molecular formula is C13H24N2O. The maximum atomic E-state index is 12.3. The molecule has 0 saturated carbocycles. The Morgan fingerprint density at radius 1 is 1.44 bits per heavy atom. The third kappa shape index (κ3) is 1.86. The van der Waals surface area contributed by atoms with Crippen LogP contribution in [0, 0.1) is 17.8 Å². The van der Waals surface area contributed by atoms with Crippen LogP contribution in [0.2, 0.25) is 0 Å². The van der Waals surface area contributed by atoms with Gasteiger partial charge in [0.1, 0.15) is 0 Å². The van der Waals surface area contributed by atoms with Gasteiger partial charge in [-0.25, -0.2) is 0 Å². The van der Waals surface area contributed by atoms with E-state index in [0.29, 0.717) is 23.8 Å². The Kier molecular flexibility index (Phi) is 3.53. The number of hydrogen-bond donors (Lipinski definition) is 1. The molecule has 4 unspecified atom stereocenters. The molecule has 0 aliphatic carbocycles. The van der Waals surface area contributed by atoms with Crippen LogP contribution in [0.4, 0.5) is 0 Å². The second-order valence-corrected chi connectivity index (χ2v) is 5.36. The van der Waals surface area contributed by atoms with Crippen LogP contribution < -0.4 is 5.32 Å². The zero-order chi connectivity index (χ0) is 11.7. The van der Waals surface area contributed by atoms with Crippen molar-refractivity contribution in [2.45, 2.75) is 39.7 Å². The number of fused-ring (bicyclic) bond motifs is 1. The minimum Gasteiger partial charge on any atom is -0.339 e. The van der Waals surface area contributed by atoms with Crippen molar-refractivity contribution in [3.05, 3.63) is 0 Å². The zero-order valence-corrected chi connectivity index (χ0v) is 10.7. The summed E-state index contributed by atoms with van der Waals surface area (Å²) in [6, 6.07) is 0.487. The van der Waals surface area contributed by atoms with E-state index < -0.39 is 0 Å². The number of likely N-dealkylation sites (tertiary alicyclic amines) is 1. The first-order valence-corrected chi connectivity index (χ1v) is 6.70. The van der Waals surface area contributed by atoms with Crippen LogP contribution in [0.5, 0.6) is 0 Å². The van der Waals surface area contributed by atoms with Crippen LogP contribution in [0.15, 0.2) is 0 Å². The number of hydrogen-bond acceptors (Lipinski definition) is 2. The number of carbonyl (C=O) groups excluding carboxylic acids is 1. The minimum atomic E-state index is 0.195. The van der Waals surface area contributed by atoms with Gasteiger partial charge in [0.2, 0.25) is 5.91 Å². The van der Waals surface area contributed by atoms with Crippen molar-refractivity contribution in [1.29, 1.82) is 0 Å². The fraction of sp³-hybridized carbons (Fsp3) is 0.923. The van der Waals surface area contributed by atoms with Gasteiger partial charge in [-0.05, 0) is 24.7 Å². The van der Waals surface area contributed by atoms with Crippen molar-refractivity contribution in [2.75, 3.05) is 19.6 Å². The molecule has 4 atom stereocenters. The van der Waals surface area contributed by atoms with Crippen molar-refractivity contribution in [3.8, 4) is 0 Å². The van der Waals surface area contributed by atoms with Crippen LogP contribution in [0.3, 0.4) is 0 Å². The molecule has 2 saturated heterocycles. The molecule has 1 N–H and O–H groups in total. The quantitative estimate of drug-likeness (QED) is 0.787. The first-order chi connectivity index (χ1) is 7.69. The van der Waals surface area contributed by atoms with Crippen molar-refractivity contribution < 1.29 is 4.79 Å². The topological polar surface area (TPSA) is 32.3 Å². The Morgan fingerprint density at radius 2 is 2.19 bits per heavy atom. The van der Waals surface area contributed by atoms with E-state index in [9.17, 15) is 4.79 Å². The zero-order valence-electron chi connectivity index (χ0n) is 10.7. The Hall–Kier alpha value is -0.570. The van der Waals surface area contributed by atoms with Crippen LogP contribution in [-0.4, -0.2) is 36.5 Å². The Morgan fingerprint density at radius 3 is 2.81 bits per heavy atom. The lowest BCUT2D eigenvalue weighted by atomic mass is 9.92. The Labute approximate surface area is 98.6 Å². The van der Waals surface area contributed by atoms with E-state index in [2.05, 4.69) is 31.0 Å². The molecule has 0 aromatic heterocycles. The minimum absolute atomic E-state index is 0.195. The smallest absolute Gasteiger partial charge is 0.225 e. The molecule has 2 fully saturated rings. The molecular weight excluding hydrogens is 200 g/mol. The summed E-state index contributed by atoms with van der Waals surface area (Å²) in [6.07, 6.45) is 2.06. The molecule has 0 spiro atoms. The van der Waals surface area contributed by atoms with Gasteiger partial charge in [-0.1, -0.05) is 20.8 Å². The van der Waals surface area contributed by atoms with E-state index in [1.54, 1.807) is 0 Å². The molecule has 3 nitrogen and oxygen atoms in total. The number of nitrogens with zero attached hydrogens (tertiary/aromatic N) is 1. The van der Waals surface area contributed by atoms with Crippen molar-refractivity contribution in [3.63, 3.8) is 0 Å². The average molecular weight is 224 g/mol. The van der Waals surface area contributed by atoms with Gasteiger partial charge in [-0.2, -0.15) is 0 Å². The largest absolute Gasteiger partial charge is 0.339 e. The molecule has 3 heteroatoms. The number of nitrogens with one attached hydrogen (secondary N) is 1. The van der Waals surface area contributed by atoms with E-state index in [4.69, 9.17) is 0 Å². The second kappa shape index (κ2) is 4.74. The summed E-state index contributed by atoms with van der Waals surface area (Å²) in [7, 11) is 0. The maximum Gasteiger partial charge on any atom is 0.225 e. The van der Waals surface area contributed by atoms with Crippen LogP contribution in [0.25, 0.3) is 0 Å². The van der Waals surface area contributed by atoms with Gasteiger partial charge in [-0.15, -0.1) is 0 Å². The van der Waals surface area contributed by atoms with Crippen molar-refractivity contribution in [2.24, 2.45) is 17.8 Å². The summed E-state index contributed by atoms with van der Waals surface area (Å²) in [5.41, 5.74) is 0. The SMILES string of the molecule is CCC(C)C(=O)N1CC2CNCC2C1CC. The summed E-state index contributed by atoms with van der Waals surface area (Å²) < 4.78 is 0. The third-order valence-corrected chi connectivity index (χ3v) is 4.45. The predicted octanol–water partition coefficient (Wildman–Crippen LogP) is 1.49. The first-order valence-electron chi connectivity index (χ1n) is 6.70. The third-order valence-electron chi connectivity index (χ3n) is 4.45. The lowest BCUT2D eigenvalue weighted by Crippen LogP contribution is -2.42. The summed E-state index contributed by atoms with van der Waals surface area (Å²) in [6.45, 7) is 9.56. The van der Waals surface area contributed by atoms with E-state index in [1.165, 1.54) is 0 Å². The fourth-order valence-corrected chi connectivity index (χ4v) is 3.26. The Balaban J connectivity index is 2.08. The summed E-state index contributed by atoms with van der Waals surface area (Å²) >= 11 is 0. The lowest BCUT2D eigenvalue weighted by Gasteiger charge is -2.29. The molecule has 0 bridgehead atoms. The van der Waals surface area contributed by atoms with E-state index in [1.807, 2.05) is 0 Å². The van der Waals surface area contributed by atoms with Gasteiger partial charge in [0.15, 0.2) is 0 Å². The molecule has 2 aliphatic heterocycles. The number of carbonyl (C=O) groups is 1. The van der Waals surface area contributed by atoms with Gasteiger partial charge < -0.3 is 10.2 Å². The highest BCUT2D eigenvalue weighted by Crippen LogP contribution is 2.35.